The molecule has 0 saturated carbocycles. The van der Waals surface area contributed by atoms with Crippen molar-refractivity contribution in [1.29, 1.82) is 0 Å². The maximum atomic E-state index is 4.89. The summed E-state index contributed by atoms with van der Waals surface area (Å²) < 4.78 is 2.14. The van der Waals surface area contributed by atoms with Crippen molar-refractivity contribution in [1.82, 2.24) is 29.6 Å². The topological polar surface area (TPSA) is 77.9 Å². The minimum atomic E-state index is 0.678. The third kappa shape index (κ3) is 4.13. The number of rotatable bonds is 7. The van der Waals surface area contributed by atoms with Crippen LogP contribution in [-0.2, 0) is 7.05 Å². The first-order valence-electron chi connectivity index (χ1n) is 9.99. The number of para-hydroxylation sites is 1. The van der Waals surface area contributed by atoms with Crippen LogP contribution in [0.1, 0.15) is 5.69 Å². The van der Waals surface area contributed by atoms with Crippen LogP contribution in [0.15, 0.2) is 42.5 Å². The van der Waals surface area contributed by atoms with Gasteiger partial charge in [0.2, 0.25) is 0 Å². The first-order chi connectivity index (χ1) is 14.4. The van der Waals surface area contributed by atoms with Gasteiger partial charge >= 0.3 is 0 Å². The van der Waals surface area contributed by atoms with Gasteiger partial charge in [-0.05, 0) is 33.2 Å². The molecule has 0 aliphatic rings. The van der Waals surface area contributed by atoms with E-state index in [0.717, 1.165) is 41.6 Å². The quantitative estimate of drug-likeness (QED) is 0.492. The first kappa shape index (κ1) is 19.9. The second-order valence-corrected chi connectivity index (χ2v) is 7.87. The van der Waals surface area contributed by atoms with Crippen LogP contribution in [0, 0.1) is 6.92 Å². The predicted octanol–water partition coefficient (Wildman–Crippen LogP) is 3.41. The van der Waals surface area contributed by atoms with Gasteiger partial charge in [-0.3, -0.25) is 5.10 Å². The van der Waals surface area contributed by atoms with Crippen LogP contribution < -0.4 is 10.2 Å². The van der Waals surface area contributed by atoms with E-state index in [1.807, 2.05) is 38.2 Å². The molecule has 2 N–H and O–H groups in total. The summed E-state index contributed by atoms with van der Waals surface area (Å²) in [7, 11) is 8.25. The predicted molar refractivity (Wildman–Crippen MR) is 122 cm³/mol. The average Bonchev–Trinajstić information content (AvgIpc) is 3.29. The molecule has 0 radical (unpaired) electrons. The van der Waals surface area contributed by atoms with Gasteiger partial charge in [-0.25, -0.2) is 9.97 Å². The van der Waals surface area contributed by atoms with Gasteiger partial charge in [0, 0.05) is 55.9 Å². The van der Waals surface area contributed by atoms with Gasteiger partial charge in [0.1, 0.15) is 11.6 Å². The molecule has 0 fully saturated rings. The molecule has 1 aromatic carbocycles. The highest BCUT2D eigenvalue weighted by Crippen LogP contribution is 2.28. The number of nitrogens with one attached hydrogen (secondary N) is 2. The highest BCUT2D eigenvalue weighted by Gasteiger charge is 2.15. The molecule has 8 heteroatoms. The summed E-state index contributed by atoms with van der Waals surface area (Å²) in [6.07, 6.45) is 0. The Bertz CT molecular complexity index is 1160. The molecule has 0 amide bonds. The first-order valence-corrected chi connectivity index (χ1v) is 9.99. The summed E-state index contributed by atoms with van der Waals surface area (Å²) in [5.74, 6) is 2.99. The standard InChI is InChI=1S/C22H28N8/c1-15-12-20(27-26-15)23-19-14-21(29(4)11-10-28(2)3)25-22(24-19)18-13-16-8-6-7-9-17(16)30(18)5/h6-9,12-14H,10-11H2,1-5H3,(H2,23,24,25,26,27). The van der Waals surface area contributed by atoms with Crippen LogP contribution in [0.3, 0.4) is 0 Å². The largest absolute Gasteiger partial charge is 0.358 e. The summed E-state index contributed by atoms with van der Waals surface area (Å²) in [5, 5.41) is 11.7. The second kappa shape index (κ2) is 8.16. The maximum Gasteiger partial charge on any atom is 0.180 e. The SMILES string of the molecule is Cc1cc(Nc2cc(N(C)CCN(C)C)nc(-c3cc4ccccc4n3C)n2)n[nH]1. The summed E-state index contributed by atoms with van der Waals surface area (Å²) in [6.45, 7) is 3.77. The van der Waals surface area contributed by atoms with E-state index >= 15 is 0 Å². The highest BCUT2D eigenvalue weighted by molar-refractivity contribution is 5.86. The fraction of sp³-hybridized carbons (Fsp3) is 0.318. The van der Waals surface area contributed by atoms with Crippen molar-refractivity contribution in [2.45, 2.75) is 6.92 Å². The Kier molecular flexibility index (Phi) is 5.41. The molecule has 0 unspecified atom stereocenters. The van der Waals surface area contributed by atoms with Gasteiger partial charge in [-0.15, -0.1) is 0 Å². The Balaban J connectivity index is 1.76. The number of aromatic amines is 1. The molecule has 0 aliphatic carbocycles. The molecule has 4 rings (SSSR count). The number of benzene rings is 1. The lowest BCUT2D eigenvalue weighted by Crippen LogP contribution is -2.29. The van der Waals surface area contributed by atoms with Crippen molar-refractivity contribution in [3.63, 3.8) is 0 Å². The van der Waals surface area contributed by atoms with Crippen molar-refractivity contribution in [3.05, 3.63) is 48.2 Å². The van der Waals surface area contributed by atoms with Crippen LogP contribution in [0.25, 0.3) is 22.4 Å². The van der Waals surface area contributed by atoms with Crippen LogP contribution in [0.5, 0.6) is 0 Å². The lowest BCUT2D eigenvalue weighted by Gasteiger charge is -2.21. The number of aromatic nitrogens is 5. The second-order valence-electron chi connectivity index (χ2n) is 7.87. The van der Waals surface area contributed by atoms with Gasteiger partial charge in [0.05, 0.1) is 5.69 Å². The van der Waals surface area contributed by atoms with Crippen molar-refractivity contribution in [3.8, 4) is 11.5 Å². The van der Waals surface area contributed by atoms with Crippen LogP contribution in [0.4, 0.5) is 17.5 Å². The van der Waals surface area contributed by atoms with Crippen molar-refractivity contribution in [2.24, 2.45) is 7.05 Å². The van der Waals surface area contributed by atoms with Crippen molar-refractivity contribution in [2.75, 3.05) is 44.4 Å². The summed E-state index contributed by atoms with van der Waals surface area (Å²) in [6, 6.07) is 14.4. The number of fused-ring (bicyclic) bond motifs is 1. The third-order valence-corrected chi connectivity index (χ3v) is 5.13. The van der Waals surface area contributed by atoms with E-state index in [9.17, 15) is 0 Å². The van der Waals surface area contributed by atoms with E-state index < -0.39 is 0 Å². The summed E-state index contributed by atoms with van der Waals surface area (Å²) in [4.78, 5) is 14.0. The molecule has 0 spiro atoms. The smallest absolute Gasteiger partial charge is 0.180 e. The zero-order valence-corrected chi connectivity index (χ0v) is 18.1. The van der Waals surface area contributed by atoms with Gasteiger partial charge in [0.15, 0.2) is 11.6 Å². The van der Waals surface area contributed by atoms with E-state index in [4.69, 9.17) is 9.97 Å². The van der Waals surface area contributed by atoms with E-state index in [-0.39, 0.29) is 0 Å². The molecule has 30 heavy (non-hydrogen) atoms. The molecule has 3 aromatic heterocycles. The van der Waals surface area contributed by atoms with Crippen LogP contribution >= 0.6 is 0 Å². The van der Waals surface area contributed by atoms with E-state index in [0.29, 0.717) is 11.6 Å². The van der Waals surface area contributed by atoms with Crippen molar-refractivity contribution < 1.29 is 0 Å². The molecule has 156 valence electrons. The molecule has 0 aliphatic heterocycles. The monoisotopic (exact) mass is 404 g/mol. The Hall–Kier alpha value is -3.39. The Morgan fingerprint density at radius 3 is 2.50 bits per heavy atom. The Morgan fingerprint density at radius 1 is 1.00 bits per heavy atom. The van der Waals surface area contributed by atoms with Crippen LogP contribution in [0.2, 0.25) is 0 Å². The molecular formula is C22H28N8. The lowest BCUT2D eigenvalue weighted by molar-refractivity contribution is 0.416. The summed E-state index contributed by atoms with van der Waals surface area (Å²) >= 11 is 0. The van der Waals surface area contributed by atoms with Gasteiger partial charge in [-0.1, -0.05) is 18.2 Å². The molecule has 3 heterocycles. The highest BCUT2D eigenvalue weighted by atomic mass is 15.2. The number of H-pyrrole nitrogens is 1. The molecule has 4 aromatic rings. The van der Waals surface area contributed by atoms with Crippen molar-refractivity contribution >= 4 is 28.4 Å². The van der Waals surface area contributed by atoms with E-state index in [1.54, 1.807) is 0 Å². The normalized spacial score (nSPS) is 11.4. The molecule has 0 bridgehead atoms. The zero-order chi connectivity index (χ0) is 21.3. The number of likely N-dealkylation sites (N-methyl/N-ethyl adjacent to an activating group) is 2. The zero-order valence-electron chi connectivity index (χ0n) is 18.1. The van der Waals surface area contributed by atoms with E-state index in [1.165, 1.54) is 5.39 Å². The lowest BCUT2D eigenvalue weighted by atomic mass is 10.2. The maximum absolute atomic E-state index is 4.89. The molecular weight excluding hydrogens is 376 g/mol. The van der Waals surface area contributed by atoms with E-state index in [2.05, 4.69) is 69.2 Å². The number of nitrogens with zero attached hydrogens (tertiary/aromatic N) is 6. The third-order valence-electron chi connectivity index (χ3n) is 5.13. The van der Waals surface area contributed by atoms with Gasteiger partial charge in [-0.2, -0.15) is 5.10 Å². The number of hydrogen-bond acceptors (Lipinski definition) is 6. The fourth-order valence-electron chi connectivity index (χ4n) is 3.39. The van der Waals surface area contributed by atoms with Gasteiger partial charge in [0.25, 0.3) is 0 Å². The Morgan fingerprint density at radius 2 is 1.80 bits per heavy atom. The Labute approximate surface area is 176 Å². The molecule has 0 saturated heterocycles. The fourth-order valence-corrected chi connectivity index (χ4v) is 3.39. The minimum absolute atomic E-state index is 0.678. The average molecular weight is 405 g/mol. The number of anilines is 3. The molecule has 0 atom stereocenters. The number of hydrogen-bond donors (Lipinski definition) is 2. The van der Waals surface area contributed by atoms with Crippen LogP contribution in [-0.4, -0.2) is 63.9 Å². The van der Waals surface area contributed by atoms with Gasteiger partial charge < -0.3 is 19.7 Å². The minimum Gasteiger partial charge on any atom is -0.358 e. The summed E-state index contributed by atoms with van der Waals surface area (Å²) in [5.41, 5.74) is 3.11. The number of aryl methyl sites for hydroxylation is 2. The molecule has 8 nitrogen and oxygen atoms in total.